The minimum atomic E-state index is -2.14. The van der Waals surface area contributed by atoms with Crippen LogP contribution in [-0.2, 0) is 11.8 Å². The maximum atomic E-state index is 5.95. The molecule has 1 N–H and O–H groups in total. The fourth-order valence-electron chi connectivity index (χ4n) is 1.87. The fraction of sp³-hybridized carbons (Fsp3) is 0.0769. The van der Waals surface area contributed by atoms with Gasteiger partial charge in [-0.05, 0) is 48.6 Å². The number of nitrogens with one attached hydrogen (secondary N) is 1. The molecule has 0 radical (unpaired) electrons. The first-order valence-corrected chi connectivity index (χ1v) is 8.14. The van der Waals surface area contributed by atoms with Crippen LogP contribution < -0.4 is 14.9 Å². The smallest absolute Gasteiger partial charge is 0.232 e. The summed E-state index contributed by atoms with van der Waals surface area (Å²) in [5.74, 6) is 0.864. The number of rotatable bonds is 1. The molecule has 0 amide bonds. The van der Waals surface area contributed by atoms with Crippen LogP contribution in [0.5, 0.6) is 5.75 Å². The normalized spacial score (nSPS) is 21.5. The Morgan fingerprint density at radius 1 is 1.12 bits per heavy atom. The van der Waals surface area contributed by atoms with Gasteiger partial charge in [0.2, 0.25) is 6.42 Å². The van der Waals surface area contributed by atoms with E-state index in [2.05, 4.69) is 18.1 Å². The van der Waals surface area contributed by atoms with Crippen LogP contribution in [0.1, 0.15) is 5.56 Å². The van der Waals surface area contributed by atoms with Crippen LogP contribution in [0.25, 0.3) is 0 Å². The Labute approximate surface area is 106 Å². The quantitative estimate of drug-likeness (QED) is 0.795. The molecule has 0 saturated carbocycles. The van der Waals surface area contributed by atoms with Crippen molar-refractivity contribution in [3.05, 3.63) is 54.1 Å². The van der Waals surface area contributed by atoms with E-state index in [9.17, 15) is 0 Å². The summed E-state index contributed by atoms with van der Waals surface area (Å²) in [7, 11) is 0. The van der Waals surface area contributed by atoms with Crippen LogP contribution in [0.2, 0.25) is 0 Å². The van der Waals surface area contributed by atoms with Gasteiger partial charge in [0, 0.05) is 5.30 Å². The average Bonchev–Trinajstić information content (AvgIpc) is 2.67. The molecule has 1 aliphatic rings. The third-order valence-electron chi connectivity index (χ3n) is 2.73. The van der Waals surface area contributed by atoms with E-state index in [0.717, 1.165) is 16.7 Å². The summed E-state index contributed by atoms with van der Waals surface area (Å²) in [5, 5.41) is 4.43. The molecule has 0 spiro atoms. The molecular formula is C13H12NOPS. The molecule has 1 aliphatic heterocycles. The lowest BCUT2D eigenvalue weighted by molar-refractivity contribution is 0.641. The number of hydrogen-bond donors (Lipinski definition) is 1. The van der Waals surface area contributed by atoms with Crippen molar-refractivity contribution in [1.29, 1.82) is 0 Å². The predicted octanol–water partition coefficient (Wildman–Crippen LogP) is 3.43. The van der Waals surface area contributed by atoms with E-state index in [-0.39, 0.29) is 0 Å². The van der Waals surface area contributed by atoms with Gasteiger partial charge in [0.25, 0.3) is 0 Å². The van der Waals surface area contributed by atoms with E-state index in [1.54, 1.807) is 0 Å². The first-order valence-electron chi connectivity index (χ1n) is 5.42. The van der Waals surface area contributed by atoms with E-state index in [1.165, 1.54) is 5.56 Å². The lowest BCUT2D eigenvalue weighted by atomic mass is 10.2. The van der Waals surface area contributed by atoms with E-state index in [1.807, 2.05) is 42.5 Å². The third-order valence-corrected chi connectivity index (χ3v) is 5.82. The van der Waals surface area contributed by atoms with Crippen LogP contribution in [0.4, 0.5) is 5.69 Å². The zero-order valence-corrected chi connectivity index (χ0v) is 11.1. The predicted molar refractivity (Wildman–Crippen MR) is 75.8 cm³/mol. The Hall–Kier alpha value is -1.31. The van der Waals surface area contributed by atoms with Crippen molar-refractivity contribution in [3.8, 4) is 5.75 Å². The van der Waals surface area contributed by atoms with Gasteiger partial charge in [0.15, 0.2) is 0 Å². The summed E-state index contributed by atoms with van der Waals surface area (Å²) < 4.78 is 5.95. The second-order valence-electron chi connectivity index (χ2n) is 4.09. The zero-order chi connectivity index (χ0) is 11.9. The van der Waals surface area contributed by atoms with Crippen molar-refractivity contribution in [2.45, 2.75) is 6.92 Å². The molecule has 86 valence electrons. The molecule has 1 heterocycles. The van der Waals surface area contributed by atoms with E-state index in [4.69, 9.17) is 16.3 Å². The summed E-state index contributed by atoms with van der Waals surface area (Å²) in [4.78, 5) is 0. The number of hydrogen-bond acceptors (Lipinski definition) is 2. The Morgan fingerprint density at radius 3 is 2.65 bits per heavy atom. The summed E-state index contributed by atoms with van der Waals surface area (Å²) >= 11 is 5.66. The number of aryl methyl sites for hydroxylation is 1. The third kappa shape index (κ3) is 1.86. The van der Waals surface area contributed by atoms with Crippen molar-refractivity contribution in [2.24, 2.45) is 0 Å². The van der Waals surface area contributed by atoms with E-state index in [0.29, 0.717) is 0 Å². The van der Waals surface area contributed by atoms with Crippen molar-refractivity contribution in [2.75, 3.05) is 5.09 Å². The lowest BCUT2D eigenvalue weighted by Crippen LogP contribution is -2.10. The van der Waals surface area contributed by atoms with Crippen LogP contribution >= 0.6 is 6.42 Å². The summed E-state index contributed by atoms with van der Waals surface area (Å²) in [6.45, 7) is 2.06. The average molecular weight is 261 g/mol. The van der Waals surface area contributed by atoms with Crippen molar-refractivity contribution in [3.63, 3.8) is 0 Å². The SMILES string of the molecule is Cc1ccc2c(c1)NP(=S)(c1ccccc1)O2. The minimum absolute atomic E-state index is 0.864. The zero-order valence-electron chi connectivity index (χ0n) is 9.38. The maximum Gasteiger partial charge on any atom is 0.232 e. The molecule has 2 aromatic rings. The first kappa shape index (κ1) is 10.8. The summed E-state index contributed by atoms with van der Waals surface area (Å²) in [6.07, 6.45) is -2.14. The number of anilines is 1. The van der Waals surface area contributed by atoms with Crippen molar-refractivity contribution < 1.29 is 4.52 Å². The van der Waals surface area contributed by atoms with E-state index < -0.39 is 6.42 Å². The van der Waals surface area contributed by atoms with Gasteiger partial charge in [-0.15, -0.1) is 0 Å². The molecule has 17 heavy (non-hydrogen) atoms. The molecule has 1 atom stereocenters. The Bertz CT molecular complexity index is 612. The second kappa shape index (κ2) is 3.86. The van der Waals surface area contributed by atoms with Gasteiger partial charge < -0.3 is 9.61 Å². The molecule has 0 bridgehead atoms. The van der Waals surface area contributed by atoms with Crippen molar-refractivity contribution >= 4 is 29.2 Å². The van der Waals surface area contributed by atoms with Gasteiger partial charge >= 0.3 is 0 Å². The minimum Gasteiger partial charge on any atom is -0.443 e. The van der Waals surface area contributed by atoms with Crippen molar-refractivity contribution in [1.82, 2.24) is 0 Å². The standard InChI is InChI=1S/C13H12NOPS/c1-10-7-8-13-12(9-10)14-16(17,15-13)11-5-3-2-4-6-11/h2-9H,1H3,(H,14,17). The fourth-order valence-corrected chi connectivity index (χ4v) is 4.55. The highest BCUT2D eigenvalue weighted by Crippen LogP contribution is 2.55. The topological polar surface area (TPSA) is 21.3 Å². The molecule has 4 heteroatoms. The summed E-state index contributed by atoms with van der Waals surface area (Å²) in [5.41, 5.74) is 2.22. The van der Waals surface area contributed by atoms with Gasteiger partial charge in [-0.3, -0.25) is 0 Å². The molecular weight excluding hydrogens is 249 g/mol. The molecule has 0 fully saturated rings. The summed E-state index contributed by atoms with van der Waals surface area (Å²) in [6, 6.07) is 16.1. The van der Waals surface area contributed by atoms with Crippen LogP contribution in [0.3, 0.4) is 0 Å². The van der Waals surface area contributed by atoms with Gasteiger partial charge in [-0.25, -0.2) is 0 Å². The Balaban J connectivity index is 2.03. The van der Waals surface area contributed by atoms with E-state index >= 15 is 0 Å². The number of benzene rings is 2. The Kier molecular flexibility index (Phi) is 2.46. The highest BCUT2D eigenvalue weighted by Gasteiger charge is 2.30. The van der Waals surface area contributed by atoms with Gasteiger partial charge in [-0.2, -0.15) is 0 Å². The van der Waals surface area contributed by atoms with Crippen LogP contribution in [0.15, 0.2) is 48.5 Å². The largest absolute Gasteiger partial charge is 0.443 e. The molecule has 0 aliphatic carbocycles. The molecule has 2 nitrogen and oxygen atoms in total. The lowest BCUT2D eigenvalue weighted by Gasteiger charge is -2.15. The second-order valence-corrected chi connectivity index (χ2v) is 7.66. The molecule has 1 unspecified atom stereocenters. The van der Waals surface area contributed by atoms with Crippen LogP contribution in [-0.4, -0.2) is 0 Å². The highest BCUT2D eigenvalue weighted by atomic mass is 32.4. The van der Waals surface area contributed by atoms with Gasteiger partial charge in [-0.1, -0.05) is 24.3 Å². The molecule has 0 saturated heterocycles. The first-order chi connectivity index (χ1) is 8.17. The molecule has 0 aromatic heterocycles. The highest BCUT2D eigenvalue weighted by molar-refractivity contribution is 8.16. The molecule has 2 aromatic carbocycles. The Morgan fingerprint density at radius 2 is 1.88 bits per heavy atom. The van der Waals surface area contributed by atoms with Gasteiger partial charge in [0.05, 0.1) is 5.69 Å². The number of fused-ring (bicyclic) bond motifs is 1. The van der Waals surface area contributed by atoms with Gasteiger partial charge in [0.1, 0.15) is 5.75 Å². The maximum absolute atomic E-state index is 5.95. The van der Waals surface area contributed by atoms with Crippen LogP contribution in [0, 0.1) is 6.92 Å². The monoisotopic (exact) mass is 261 g/mol. The molecule has 3 rings (SSSR count).